The number of nitrogens with zero attached hydrogens (tertiary/aromatic N) is 2. The van der Waals surface area contributed by atoms with E-state index in [0.717, 1.165) is 18.0 Å². The Morgan fingerprint density at radius 2 is 2.14 bits per heavy atom. The van der Waals surface area contributed by atoms with Crippen molar-refractivity contribution < 1.29 is 0 Å². The molecule has 2 rings (SSSR count). The van der Waals surface area contributed by atoms with Crippen LogP contribution in [0.5, 0.6) is 0 Å². The summed E-state index contributed by atoms with van der Waals surface area (Å²) in [4.78, 5) is 1.33. The Labute approximate surface area is 93.8 Å². The van der Waals surface area contributed by atoms with Crippen LogP contribution in [0.2, 0.25) is 0 Å². The normalized spacial score (nSPS) is 20.1. The standard InChI is InChI=1S/C10H15ClN2S/c1-8-9(14-13-12-8)6-10(7-11)4-2-3-5-10/h2-7H2,1H3. The van der Waals surface area contributed by atoms with Gasteiger partial charge in [-0.1, -0.05) is 17.3 Å². The van der Waals surface area contributed by atoms with Crippen LogP contribution in [0.15, 0.2) is 0 Å². The molecule has 0 N–H and O–H groups in total. The Kier molecular flexibility index (Phi) is 3.07. The van der Waals surface area contributed by atoms with E-state index in [-0.39, 0.29) is 0 Å². The van der Waals surface area contributed by atoms with Gasteiger partial charge in [0.1, 0.15) is 0 Å². The number of halogens is 1. The first-order valence-corrected chi connectivity index (χ1v) is 6.40. The third kappa shape index (κ3) is 1.94. The molecule has 1 aromatic heterocycles. The van der Waals surface area contributed by atoms with Crippen molar-refractivity contribution in [2.45, 2.75) is 39.0 Å². The minimum absolute atomic E-state index is 0.348. The Hall–Kier alpha value is -0.150. The van der Waals surface area contributed by atoms with Crippen molar-refractivity contribution in [3.05, 3.63) is 10.6 Å². The SMILES string of the molecule is Cc1nnsc1CC1(CCl)CCCC1. The molecule has 1 aliphatic carbocycles. The second kappa shape index (κ2) is 4.15. The highest BCUT2D eigenvalue weighted by Gasteiger charge is 2.34. The van der Waals surface area contributed by atoms with Gasteiger partial charge in [-0.15, -0.1) is 16.7 Å². The molecule has 2 nitrogen and oxygen atoms in total. The first-order chi connectivity index (χ1) is 6.76. The first-order valence-electron chi connectivity index (χ1n) is 5.10. The number of aromatic nitrogens is 2. The van der Waals surface area contributed by atoms with Gasteiger partial charge in [-0.25, -0.2) is 0 Å². The molecule has 1 saturated carbocycles. The summed E-state index contributed by atoms with van der Waals surface area (Å²) < 4.78 is 3.98. The van der Waals surface area contributed by atoms with E-state index >= 15 is 0 Å². The number of hydrogen-bond acceptors (Lipinski definition) is 3. The van der Waals surface area contributed by atoms with Gasteiger partial charge in [0.25, 0.3) is 0 Å². The Balaban J connectivity index is 2.12. The molecule has 0 aliphatic heterocycles. The van der Waals surface area contributed by atoms with Crippen molar-refractivity contribution >= 4 is 23.1 Å². The maximum atomic E-state index is 6.10. The highest BCUT2D eigenvalue weighted by molar-refractivity contribution is 7.05. The van der Waals surface area contributed by atoms with E-state index in [1.807, 2.05) is 6.92 Å². The van der Waals surface area contributed by atoms with Crippen molar-refractivity contribution in [1.29, 1.82) is 0 Å². The fourth-order valence-corrected chi connectivity index (χ4v) is 3.40. The first kappa shape index (κ1) is 10.4. The van der Waals surface area contributed by atoms with E-state index in [1.54, 1.807) is 0 Å². The average Bonchev–Trinajstić information content (AvgIpc) is 2.79. The van der Waals surface area contributed by atoms with Crippen LogP contribution in [0.1, 0.15) is 36.3 Å². The lowest BCUT2D eigenvalue weighted by molar-refractivity contribution is 0.343. The molecule has 0 aromatic carbocycles. The molecule has 0 spiro atoms. The Morgan fingerprint density at radius 3 is 2.64 bits per heavy atom. The van der Waals surface area contributed by atoms with Crippen molar-refractivity contribution in [3.63, 3.8) is 0 Å². The fourth-order valence-electron chi connectivity index (χ4n) is 2.24. The zero-order valence-corrected chi connectivity index (χ0v) is 10.00. The molecule has 0 saturated heterocycles. The zero-order chi connectivity index (χ0) is 10.0. The lowest BCUT2D eigenvalue weighted by Crippen LogP contribution is -2.21. The summed E-state index contributed by atoms with van der Waals surface area (Å²) in [5.74, 6) is 0.782. The van der Waals surface area contributed by atoms with E-state index < -0.39 is 0 Å². The maximum absolute atomic E-state index is 6.10. The van der Waals surface area contributed by atoms with Crippen molar-refractivity contribution in [3.8, 4) is 0 Å². The van der Waals surface area contributed by atoms with E-state index in [2.05, 4.69) is 9.59 Å². The van der Waals surface area contributed by atoms with Crippen LogP contribution in [-0.2, 0) is 6.42 Å². The number of hydrogen-bond donors (Lipinski definition) is 0. The number of aryl methyl sites for hydroxylation is 1. The van der Waals surface area contributed by atoms with Gasteiger partial charge in [-0.3, -0.25) is 0 Å². The second-order valence-corrected chi connectivity index (χ2v) is 5.40. The third-order valence-electron chi connectivity index (χ3n) is 3.23. The molecule has 14 heavy (non-hydrogen) atoms. The van der Waals surface area contributed by atoms with Crippen molar-refractivity contribution in [1.82, 2.24) is 9.59 Å². The summed E-state index contributed by atoms with van der Waals surface area (Å²) in [7, 11) is 0. The van der Waals surface area contributed by atoms with E-state index in [0.29, 0.717) is 5.41 Å². The van der Waals surface area contributed by atoms with Gasteiger partial charge >= 0.3 is 0 Å². The largest absolute Gasteiger partial charge is 0.143 e. The van der Waals surface area contributed by atoms with E-state index in [9.17, 15) is 0 Å². The Morgan fingerprint density at radius 1 is 1.43 bits per heavy atom. The third-order valence-corrected chi connectivity index (χ3v) is 4.62. The van der Waals surface area contributed by atoms with Gasteiger partial charge in [0, 0.05) is 10.8 Å². The minimum atomic E-state index is 0.348. The van der Waals surface area contributed by atoms with Gasteiger partial charge in [0.05, 0.1) is 5.69 Å². The summed E-state index contributed by atoms with van der Waals surface area (Å²) in [6, 6.07) is 0. The molecule has 0 atom stereocenters. The molecule has 1 aromatic rings. The van der Waals surface area contributed by atoms with Crippen molar-refractivity contribution in [2.75, 3.05) is 5.88 Å². The molecule has 0 amide bonds. The maximum Gasteiger partial charge on any atom is 0.0756 e. The molecule has 1 aliphatic rings. The van der Waals surface area contributed by atoms with Crippen LogP contribution < -0.4 is 0 Å². The quantitative estimate of drug-likeness (QED) is 0.746. The molecule has 1 heterocycles. The molecule has 4 heteroatoms. The predicted octanol–water partition coefficient (Wildman–Crippen LogP) is 3.19. The van der Waals surface area contributed by atoms with E-state index in [4.69, 9.17) is 11.6 Å². The van der Waals surface area contributed by atoms with Gasteiger partial charge in [-0.05, 0) is 43.1 Å². The van der Waals surface area contributed by atoms with Gasteiger partial charge in [0.15, 0.2) is 0 Å². The van der Waals surface area contributed by atoms with Gasteiger partial charge in [0.2, 0.25) is 0 Å². The second-order valence-electron chi connectivity index (χ2n) is 4.30. The Bertz CT molecular complexity index is 305. The molecule has 0 radical (unpaired) electrons. The molecular formula is C10H15ClN2S. The molecule has 1 fully saturated rings. The topological polar surface area (TPSA) is 25.8 Å². The smallest absolute Gasteiger partial charge is 0.0756 e. The van der Waals surface area contributed by atoms with Crippen LogP contribution in [0.25, 0.3) is 0 Å². The molecular weight excluding hydrogens is 216 g/mol. The lowest BCUT2D eigenvalue weighted by Gasteiger charge is -2.25. The van der Waals surface area contributed by atoms with Crippen LogP contribution in [-0.4, -0.2) is 15.5 Å². The average molecular weight is 231 g/mol. The van der Waals surface area contributed by atoms with Gasteiger partial charge < -0.3 is 0 Å². The summed E-state index contributed by atoms with van der Waals surface area (Å²) >= 11 is 7.63. The lowest BCUT2D eigenvalue weighted by atomic mass is 9.84. The van der Waals surface area contributed by atoms with Gasteiger partial charge in [-0.2, -0.15) is 0 Å². The summed E-state index contributed by atoms with van der Waals surface area (Å²) in [5.41, 5.74) is 1.44. The molecule has 0 unspecified atom stereocenters. The minimum Gasteiger partial charge on any atom is -0.143 e. The fraction of sp³-hybridized carbons (Fsp3) is 0.800. The van der Waals surface area contributed by atoms with Crippen LogP contribution in [0, 0.1) is 12.3 Å². The number of rotatable bonds is 3. The van der Waals surface area contributed by atoms with E-state index in [1.165, 1.54) is 42.1 Å². The molecule has 0 bridgehead atoms. The van der Waals surface area contributed by atoms with Crippen LogP contribution in [0.3, 0.4) is 0 Å². The summed E-state index contributed by atoms with van der Waals surface area (Å²) in [5, 5.41) is 4.05. The van der Waals surface area contributed by atoms with Crippen LogP contribution in [0.4, 0.5) is 0 Å². The highest BCUT2D eigenvalue weighted by Crippen LogP contribution is 2.42. The summed E-state index contributed by atoms with van der Waals surface area (Å²) in [6.07, 6.45) is 6.29. The molecule has 78 valence electrons. The highest BCUT2D eigenvalue weighted by atomic mass is 35.5. The zero-order valence-electron chi connectivity index (χ0n) is 8.42. The number of alkyl halides is 1. The monoisotopic (exact) mass is 230 g/mol. The van der Waals surface area contributed by atoms with Crippen molar-refractivity contribution in [2.24, 2.45) is 5.41 Å². The van der Waals surface area contributed by atoms with Crippen LogP contribution >= 0.6 is 23.1 Å². The summed E-state index contributed by atoms with van der Waals surface area (Å²) in [6.45, 7) is 2.04. The predicted molar refractivity (Wildman–Crippen MR) is 60.0 cm³/mol.